The van der Waals surface area contributed by atoms with Crippen LogP contribution in [0, 0.1) is 40.9 Å². The summed E-state index contributed by atoms with van der Waals surface area (Å²) >= 11 is 0. The van der Waals surface area contributed by atoms with E-state index in [0.29, 0.717) is 12.3 Å². The summed E-state index contributed by atoms with van der Waals surface area (Å²) in [7, 11) is 0. The molecule has 5 nitrogen and oxygen atoms in total. The average molecular weight is 443 g/mol. The summed E-state index contributed by atoms with van der Waals surface area (Å²) in [6, 6.07) is 0. The number of esters is 1. The second-order valence-electron chi connectivity index (χ2n) is 14.0. The second-order valence-corrected chi connectivity index (χ2v) is 14.0. The van der Waals surface area contributed by atoms with Gasteiger partial charge in [0.1, 0.15) is 6.10 Å². The van der Waals surface area contributed by atoms with E-state index in [1.165, 1.54) is 38.5 Å². The molecule has 8 bridgehead atoms. The number of amides is 1. The lowest BCUT2D eigenvalue weighted by Gasteiger charge is -2.58. The fourth-order valence-corrected chi connectivity index (χ4v) is 9.95. The zero-order valence-electron chi connectivity index (χ0n) is 20.0. The first-order chi connectivity index (χ1) is 15.1. The molecule has 32 heavy (non-hydrogen) atoms. The molecule has 0 spiro atoms. The Hall–Kier alpha value is -1.10. The van der Waals surface area contributed by atoms with Gasteiger partial charge in [0.15, 0.2) is 0 Å². The van der Waals surface area contributed by atoms with E-state index in [2.05, 4.69) is 5.32 Å². The predicted octanol–water partition coefficient (Wildman–Crippen LogP) is 4.33. The second kappa shape index (κ2) is 7.20. The van der Waals surface area contributed by atoms with Crippen LogP contribution in [0.25, 0.3) is 0 Å². The Morgan fingerprint density at radius 3 is 1.84 bits per heavy atom. The van der Waals surface area contributed by atoms with E-state index >= 15 is 0 Å². The number of carbonyl (C=O) groups is 2. The molecule has 8 aliphatic rings. The predicted molar refractivity (Wildman–Crippen MR) is 122 cm³/mol. The fourth-order valence-electron chi connectivity index (χ4n) is 9.95. The summed E-state index contributed by atoms with van der Waals surface area (Å²) in [4.78, 5) is 26.1. The minimum absolute atomic E-state index is 0.0364. The van der Waals surface area contributed by atoms with Crippen molar-refractivity contribution in [1.29, 1.82) is 0 Å². The average Bonchev–Trinajstić information content (AvgIpc) is 2.61. The van der Waals surface area contributed by atoms with Crippen LogP contribution in [0.5, 0.6) is 0 Å². The van der Waals surface area contributed by atoms with Crippen LogP contribution < -0.4 is 11.1 Å². The van der Waals surface area contributed by atoms with Crippen molar-refractivity contribution in [2.75, 3.05) is 0 Å². The third-order valence-corrected chi connectivity index (χ3v) is 10.2. The highest BCUT2D eigenvalue weighted by molar-refractivity contribution is 5.79. The molecule has 0 aromatic carbocycles. The van der Waals surface area contributed by atoms with E-state index in [-0.39, 0.29) is 35.5 Å². The van der Waals surface area contributed by atoms with Gasteiger partial charge in [-0.2, -0.15) is 0 Å². The summed E-state index contributed by atoms with van der Waals surface area (Å²) in [5.74, 6) is 4.30. The maximum absolute atomic E-state index is 13.1. The lowest BCUT2D eigenvalue weighted by molar-refractivity contribution is -0.177. The molecule has 0 aromatic rings. The normalized spacial score (nSPS) is 48.2. The third kappa shape index (κ3) is 3.80. The summed E-state index contributed by atoms with van der Waals surface area (Å²) in [6.45, 7) is 4.06. The van der Waals surface area contributed by atoms with E-state index in [4.69, 9.17) is 10.5 Å². The number of hydrogen-bond donors (Lipinski definition) is 2. The van der Waals surface area contributed by atoms with Crippen LogP contribution in [-0.4, -0.2) is 29.1 Å². The maximum Gasteiger partial charge on any atom is 0.306 e. The first kappa shape index (κ1) is 21.4. The van der Waals surface area contributed by atoms with Gasteiger partial charge in [-0.3, -0.25) is 9.59 Å². The van der Waals surface area contributed by atoms with Gasteiger partial charge in [0, 0.05) is 12.0 Å². The van der Waals surface area contributed by atoms with Crippen molar-refractivity contribution in [3.63, 3.8) is 0 Å². The number of nitrogens with two attached hydrogens (primary N) is 1. The van der Waals surface area contributed by atoms with E-state index in [0.717, 1.165) is 61.7 Å². The van der Waals surface area contributed by atoms with Gasteiger partial charge >= 0.3 is 5.97 Å². The molecule has 8 saturated carbocycles. The van der Waals surface area contributed by atoms with E-state index in [9.17, 15) is 9.59 Å². The van der Waals surface area contributed by atoms with Crippen molar-refractivity contribution in [3.05, 3.63) is 0 Å². The third-order valence-electron chi connectivity index (χ3n) is 10.2. The molecule has 1 amide bonds. The number of rotatable bonds is 6. The largest absolute Gasteiger partial charge is 0.460 e. The van der Waals surface area contributed by atoms with Gasteiger partial charge in [-0.1, -0.05) is 13.8 Å². The zero-order valence-corrected chi connectivity index (χ0v) is 20.0. The van der Waals surface area contributed by atoms with Gasteiger partial charge in [0.2, 0.25) is 5.91 Å². The van der Waals surface area contributed by atoms with Gasteiger partial charge < -0.3 is 15.8 Å². The maximum atomic E-state index is 13.1. The first-order valence-corrected chi connectivity index (χ1v) is 13.4. The number of nitrogens with one attached hydrogen (secondary N) is 1. The monoisotopic (exact) mass is 442 g/mol. The molecule has 8 aliphatic carbocycles. The number of carbonyl (C=O) groups excluding carboxylic acids is 2. The van der Waals surface area contributed by atoms with Crippen LogP contribution in [-0.2, 0) is 14.3 Å². The Labute approximate surface area is 193 Å². The van der Waals surface area contributed by atoms with Gasteiger partial charge in [0.25, 0.3) is 0 Å². The molecule has 0 aliphatic heterocycles. The summed E-state index contributed by atoms with van der Waals surface area (Å²) < 4.78 is 6.09. The van der Waals surface area contributed by atoms with Crippen molar-refractivity contribution in [2.45, 2.75) is 114 Å². The Bertz CT molecular complexity index is 755. The van der Waals surface area contributed by atoms with Gasteiger partial charge in [-0.25, -0.2) is 0 Å². The highest BCUT2D eigenvalue weighted by Crippen LogP contribution is 2.57. The summed E-state index contributed by atoms with van der Waals surface area (Å²) in [6.07, 6.45) is 13.8. The molecule has 3 N–H and O–H groups in total. The molecule has 0 aromatic heterocycles. The molecule has 3 unspecified atom stereocenters. The first-order valence-electron chi connectivity index (χ1n) is 13.4. The van der Waals surface area contributed by atoms with Crippen molar-refractivity contribution in [3.8, 4) is 0 Å². The lowest BCUT2D eigenvalue weighted by Crippen LogP contribution is -2.66. The van der Waals surface area contributed by atoms with Crippen LogP contribution in [0.2, 0.25) is 0 Å². The van der Waals surface area contributed by atoms with Crippen LogP contribution in [0.15, 0.2) is 0 Å². The van der Waals surface area contributed by atoms with Crippen LogP contribution in [0.3, 0.4) is 0 Å². The highest BCUT2D eigenvalue weighted by Gasteiger charge is 2.57. The molecule has 5 heteroatoms. The van der Waals surface area contributed by atoms with Crippen molar-refractivity contribution < 1.29 is 14.3 Å². The van der Waals surface area contributed by atoms with E-state index in [1.54, 1.807) is 0 Å². The van der Waals surface area contributed by atoms with E-state index < -0.39 is 5.41 Å². The Balaban J connectivity index is 1.04. The molecule has 3 atom stereocenters. The SMILES string of the molecule is CC(C)(CC(=O)NC12CC3CC(CC(C3)C1)C2)CC(=O)OC1C2CC3CC(C2)CC1(N)C3. The van der Waals surface area contributed by atoms with E-state index in [1.807, 2.05) is 13.8 Å². The lowest BCUT2D eigenvalue weighted by atomic mass is 9.52. The molecule has 0 saturated heterocycles. The molecule has 0 radical (unpaired) electrons. The van der Waals surface area contributed by atoms with Gasteiger partial charge in [-0.15, -0.1) is 0 Å². The summed E-state index contributed by atoms with van der Waals surface area (Å²) in [5.41, 5.74) is 6.10. The van der Waals surface area contributed by atoms with Crippen molar-refractivity contribution in [2.24, 2.45) is 46.7 Å². The topological polar surface area (TPSA) is 81.4 Å². The summed E-state index contributed by atoms with van der Waals surface area (Å²) in [5, 5.41) is 3.47. The Kier molecular flexibility index (Phi) is 4.82. The van der Waals surface area contributed by atoms with Crippen LogP contribution in [0.4, 0.5) is 0 Å². The van der Waals surface area contributed by atoms with Crippen molar-refractivity contribution in [1.82, 2.24) is 5.32 Å². The number of hydrogen-bond acceptors (Lipinski definition) is 4. The molecule has 8 rings (SSSR count). The molecular formula is C27H42N2O3. The zero-order chi connectivity index (χ0) is 22.3. The molecule has 8 fully saturated rings. The van der Waals surface area contributed by atoms with Gasteiger partial charge in [0.05, 0.1) is 12.0 Å². The standard InChI is InChI=1S/C27H42N2O3/c1-25(2,14-22(30)29-26-9-16-3-17(10-26)5-18(4-16)11-26)15-23(31)32-24-21-7-19-6-20(8-21)13-27(24,28)12-19/h16-21,24H,3-15,28H2,1-2H3,(H,29,30). The minimum atomic E-state index is -0.406. The van der Waals surface area contributed by atoms with Crippen LogP contribution >= 0.6 is 0 Å². The van der Waals surface area contributed by atoms with Crippen molar-refractivity contribution >= 4 is 11.9 Å². The molecule has 178 valence electrons. The Morgan fingerprint density at radius 1 is 0.844 bits per heavy atom. The minimum Gasteiger partial charge on any atom is -0.460 e. The Morgan fingerprint density at radius 2 is 1.34 bits per heavy atom. The smallest absolute Gasteiger partial charge is 0.306 e. The van der Waals surface area contributed by atoms with Gasteiger partial charge in [-0.05, 0) is 112 Å². The highest BCUT2D eigenvalue weighted by atomic mass is 16.5. The molecular weight excluding hydrogens is 400 g/mol. The quantitative estimate of drug-likeness (QED) is 0.600. The van der Waals surface area contributed by atoms with Crippen LogP contribution in [0.1, 0.15) is 97.3 Å². The fraction of sp³-hybridized carbons (Fsp3) is 0.926. The number of ether oxygens (including phenoxy) is 1. The molecule has 0 heterocycles.